The van der Waals surface area contributed by atoms with Crippen molar-refractivity contribution in [2.45, 2.75) is 11.3 Å². The summed E-state index contributed by atoms with van der Waals surface area (Å²) in [5.41, 5.74) is 2.79. The van der Waals surface area contributed by atoms with Crippen LogP contribution in [0.25, 0.3) is 5.52 Å². The number of carbonyl (C=O) groups is 1. The van der Waals surface area contributed by atoms with E-state index >= 15 is 0 Å². The molecule has 0 atom stereocenters. The summed E-state index contributed by atoms with van der Waals surface area (Å²) in [7, 11) is -1.49. The van der Waals surface area contributed by atoms with Gasteiger partial charge in [-0.1, -0.05) is 11.6 Å². The number of hydrazine groups is 1. The molecular formula is C18H17ClN4O3S. The van der Waals surface area contributed by atoms with E-state index in [2.05, 4.69) is 5.10 Å². The first-order chi connectivity index (χ1) is 12.7. The highest BCUT2D eigenvalue weighted by Crippen LogP contribution is 2.29. The molecule has 1 aliphatic heterocycles. The summed E-state index contributed by atoms with van der Waals surface area (Å²) < 4.78 is 25.1. The second-order valence-corrected chi connectivity index (χ2v) is 8.96. The van der Waals surface area contributed by atoms with E-state index in [1.165, 1.54) is 6.26 Å². The van der Waals surface area contributed by atoms with Gasteiger partial charge in [-0.2, -0.15) is 5.10 Å². The zero-order valence-corrected chi connectivity index (χ0v) is 16.3. The van der Waals surface area contributed by atoms with Gasteiger partial charge in [0.25, 0.3) is 5.91 Å². The number of nitrogens with zero attached hydrogens (tertiary/aromatic N) is 4. The minimum Gasteiger partial charge on any atom is -0.285 e. The summed E-state index contributed by atoms with van der Waals surface area (Å²) in [4.78, 5) is 13.3. The molecule has 0 aliphatic carbocycles. The van der Waals surface area contributed by atoms with Gasteiger partial charge >= 0.3 is 0 Å². The number of rotatable bonds is 2. The molecule has 0 saturated heterocycles. The van der Waals surface area contributed by atoms with Crippen LogP contribution in [0.15, 0.2) is 47.5 Å². The van der Waals surface area contributed by atoms with Crippen LogP contribution < -0.4 is 5.01 Å². The molecule has 0 spiro atoms. The van der Waals surface area contributed by atoms with E-state index in [1.807, 2.05) is 0 Å². The summed E-state index contributed by atoms with van der Waals surface area (Å²) >= 11 is 5.97. The van der Waals surface area contributed by atoms with Crippen molar-refractivity contribution in [3.05, 3.63) is 58.9 Å². The highest BCUT2D eigenvalue weighted by molar-refractivity contribution is 7.90. The third-order valence-electron chi connectivity index (χ3n) is 4.66. The van der Waals surface area contributed by atoms with Crippen molar-refractivity contribution >= 4 is 38.5 Å². The fourth-order valence-corrected chi connectivity index (χ4v) is 4.08. The molecule has 3 aromatic rings. The average molecular weight is 405 g/mol. The van der Waals surface area contributed by atoms with Crippen LogP contribution in [0.1, 0.15) is 16.1 Å². The summed E-state index contributed by atoms with van der Waals surface area (Å²) in [5, 5.41) is 8.20. The largest absolute Gasteiger partial charge is 0.292 e. The number of halogens is 1. The summed E-state index contributed by atoms with van der Waals surface area (Å²) in [6.07, 6.45) is 3.40. The predicted octanol–water partition coefficient (Wildman–Crippen LogP) is 2.44. The van der Waals surface area contributed by atoms with Crippen LogP contribution >= 0.6 is 11.6 Å². The number of carbonyl (C=O) groups excluding carboxylic acids is 1. The predicted molar refractivity (Wildman–Crippen MR) is 103 cm³/mol. The van der Waals surface area contributed by atoms with Crippen LogP contribution in [0.2, 0.25) is 5.02 Å². The van der Waals surface area contributed by atoms with Gasteiger partial charge in [0.1, 0.15) is 0 Å². The Bertz CT molecular complexity index is 1170. The van der Waals surface area contributed by atoms with Gasteiger partial charge in [-0.05, 0) is 48.4 Å². The minimum atomic E-state index is -3.27. The van der Waals surface area contributed by atoms with E-state index in [4.69, 9.17) is 11.6 Å². The maximum Gasteiger partial charge on any atom is 0.292 e. The van der Waals surface area contributed by atoms with Crippen LogP contribution in [0, 0.1) is 0 Å². The van der Waals surface area contributed by atoms with Gasteiger partial charge in [0.05, 0.1) is 21.1 Å². The lowest BCUT2D eigenvalue weighted by Gasteiger charge is -2.38. The van der Waals surface area contributed by atoms with Crippen molar-refractivity contribution in [2.24, 2.45) is 0 Å². The molecule has 0 fully saturated rings. The monoisotopic (exact) mass is 404 g/mol. The minimum absolute atomic E-state index is 0.227. The first-order valence-corrected chi connectivity index (χ1v) is 10.5. The van der Waals surface area contributed by atoms with Crippen LogP contribution in [-0.2, 0) is 16.3 Å². The Morgan fingerprint density at radius 1 is 1.19 bits per heavy atom. The second kappa shape index (κ2) is 6.24. The van der Waals surface area contributed by atoms with Gasteiger partial charge in [-0.25, -0.2) is 17.9 Å². The average Bonchev–Trinajstić information content (AvgIpc) is 3.03. The van der Waals surface area contributed by atoms with Crippen molar-refractivity contribution in [3.8, 4) is 0 Å². The molecule has 1 aliphatic rings. The third-order valence-corrected chi connectivity index (χ3v) is 5.99. The van der Waals surface area contributed by atoms with E-state index < -0.39 is 9.84 Å². The molecule has 4 rings (SSSR count). The summed E-state index contributed by atoms with van der Waals surface area (Å²) in [5.74, 6) is -0.227. The van der Waals surface area contributed by atoms with Gasteiger partial charge in [-0.3, -0.25) is 9.80 Å². The number of hydrogen-bond acceptors (Lipinski definition) is 5. The molecule has 0 unspecified atom stereocenters. The first kappa shape index (κ1) is 17.8. The second-order valence-electron chi connectivity index (χ2n) is 6.51. The standard InChI is InChI=1S/C18H17ClN4O3S/c1-21-17-6-5-15(27(2,25)26)9-12(17)7-8-23(21)18(24)16-10-14-4-3-13(19)11-22(14)20-16/h3-6,9-11H,7-8H2,1-2H3. The number of benzene rings is 1. The molecule has 2 aromatic heterocycles. The van der Waals surface area contributed by atoms with E-state index in [-0.39, 0.29) is 10.8 Å². The number of aromatic nitrogens is 2. The van der Waals surface area contributed by atoms with Crippen molar-refractivity contribution in [3.63, 3.8) is 0 Å². The molecule has 0 radical (unpaired) electrons. The Morgan fingerprint density at radius 3 is 2.70 bits per heavy atom. The van der Waals surface area contributed by atoms with Crippen molar-refractivity contribution < 1.29 is 13.2 Å². The molecule has 1 aromatic carbocycles. The van der Waals surface area contributed by atoms with Crippen LogP contribution in [0.5, 0.6) is 0 Å². The lowest BCUT2D eigenvalue weighted by Crippen LogP contribution is -2.48. The highest BCUT2D eigenvalue weighted by Gasteiger charge is 2.28. The van der Waals surface area contributed by atoms with Gasteiger partial charge in [0.15, 0.2) is 15.5 Å². The fourth-order valence-electron chi connectivity index (χ4n) is 3.25. The summed E-state index contributed by atoms with van der Waals surface area (Å²) in [6, 6.07) is 10.2. The Hall–Kier alpha value is -2.58. The van der Waals surface area contributed by atoms with Gasteiger partial charge < -0.3 is 0 Å². The number of anilines is 1. The third kappa shape index (κ3) is 3.15. The van der Waals surface area contributed by atoms with E-state index in [9.17, 15) is 13.2 Å². The summed E-state index contributed by atoms with van der Waals surface area (Å²) in [6.45, 7) is 0.435. The Kier molecular flexibility index (Phi) is 4.12. The number of pyridine rings is 1. The van der Waals surface area contributed by atoms with Gasteiger partial charge in [-0.15, -0.1) is 0 Å². The van der Waals surface area contributed by atoms with Crippen LogP contribution in [-0.4, -0.2) is 48.8 Å². The van der Waals surface area contributed by atoms with Crippen molar-refractivity contribution in [1.29, 1.82) is 0 Å². The molecule has 0 N–H and O–H groups in total. The highest BCUT2D eigenvalue weighted by atomic mass is 35.5. The Labute approximate surface area is 161 Å². The molecule has 27 heavy (non-hydrogen) atoms. The fraction of sp³-hybridized carbons (Fsp3) is 0.222. The molecule has 3 heterocycles. The van der Waals surface area contributed by atoms with E-state index in [1.54, 1.807) is 64.2 Å². The van der Waals surface area contributed by atoms with Crippen LogP contribution in [0.4, 0.5) is 5.69 Å². The number of hydrogen-bond donors (Lipinski definition) is 0. The molecule has 0 bridgehead atoms. The van der Waals surface area contributed by atoms with E-state index in [0.717, 1.165) is 16.8 Å². The quantitative estimate of drug-likeness (QED) is 0.655. The lowest BCUT2D eigenvalue weighted by molar-refractivity contribution is 0.0732. The van der Waals surface area contributed by atoms with Crippen molar-refractivity contribution in [1.82, 2.24) is 14.6 Å². The molecule has 1 amide bonds. The zero-order valence-electron chi connectivity index (χ0n) is 14.8. The molecular weight excluding hydrogens is 388 g/mol. The normalized spacial score (nSPS) is 14.5. The van der Waals surface area contributed by atoms with Gasteiger partial charge in [0.2, 0.25) is 0 Å². The molecule has 0 saturated carbocycles. The van der Waals surface area contributed by atoms with E-state index in [0.29, 0.717) is 23.7 Å². The zero-order chi connectivity index (χ0) is 19.3. The number of amides is 1. The SMILES string of the molecule is CN1c2ccc(S(C)(=O)=O)cc2CCN1C(=O)c1cc2ccc(Cl)cn2n1. The molecule has 9 heteroatoms. The maximum atomic E-state index is 13.0. The number of fused-ring (bicyclic) bond motifs is 2. The van der Waals surface area contributed by atoms with Crippen molar-refractivity contribution in [2.75, 3.05) is 24.9 Å². The Balaban J connectivity index is 1.66. The topological polar surface area (TPSA) is 75.0 Å². The molecule has 7 nitrogen and oxygen atoms in total. The number of sulfone groups is 1. The Morgan fingerprint density at radius 2 is 1.96 bits per heavy atom. The van der Waals surface area contributed by atoms with Gasteiger partial charge in [0, 0.05) is 26.0 Å². The first-order valence-electron chi connectivity index (χ1n) is 8.27. The van der Waals surface area contributed by atoms with Crippen LogP contribution in [0.3, 0.4) is 0 Å². The smallest absolute Gasteiger partial charge is 0.285 e. The molecule has 140 valence electrons. The maximum absolute atomic E-state index is 13.0. The lowest BCUT2D eigenvalue weighted by atomic mass is 10.1.